The van der Waals surface area contributed by atoms with E-state index in [9.17, 15) is 31.2 Å². The third-order valence-electron chi connectivity index (χ3n) is 6.70. The minimum absolute atomic E-state index is 0.0277. The molecule has 0 aromatic heterocycles. The number of carbonyl (C=O) groups excluding carboxylic acids is 2. The maximum absolute atomic E-state index is 14.0. The number of rotatable bonds is 12. The summed E-state index contributed by atoms with van der Waals surface area (Å²) in [5, 5.41) is 2.21. The van der Waals surface area contributed by atoms with Crippen LogP contribution in [-0.4, -0.2) is 44.3 Å². The molecular weight excluding hydrogens is 603 g/mol. The average molecular weight is 638 g/mol. The number of hydrogen-bond donors (Lipinski definition) is 1. The first kappa shape index (κ1) is 33.9. The number of sulfonamides is 1. The largest absolute Gasteiger partial charge is 0.417 e. The lowest BCUT2D eigenvalue weighted by Crippen LogP contribution is -2.52. The molecule has 0 aliphatic heterocycles. The number of nitrogens with zero attached hydrogens (tertiary/aromatic N) is 2. The van der Waals surface area contributed by atoms with Crippen LogP contribution in [-0.2, 0) is 32.3 Å². The Morgan fingerprint density at radius 3 is 2.16 bits per heavy atom. The Morgan fingerprint density at radius 1 is 0.977 bits per heavy atom. The zero-order chi connectivity index (χ0) is 31.9. The molecule has 1 atom stereocenters. The van der Waals surface area contributed by atoms with Gasteiger partial charge in [-0.25, -0.2) is 8.42 Å². The monoisotopic (exact) mass is 637 g/mol. The number of hydrogen-bond acceptors (Lipinski definition) is 4. The summed E-state index contributed by atoms with van der Waals surface area (Å²) in [4.78, 5) is 28.3. The maximum Gasteiger partial charge on any atom is 0.417 e. The van der Waals surface area contributed by atoms with Crippen LogP contribution in [0.25, 0.3) is 0 Å². The van der Waals surface area contributed by atoms with Crippen molar-refractivity contribution >= 4 is 39.1 Å². The Hall–Kier alpha value is -3.57. The van der Waals surface area contributed by atoms with E-state index < -0.39 is 56.9 Å². The van der Waals surface area contributed by atoms with E-state index in [2.05, 4.69) is 5.32 Å². The van der Waals surface area contributed by atoms with Gasteiger partial charge in [0.15, 0.2) is 0 Å². The zero-order valence-electron chi connectivity index (χ0n) is 24.4. The molecule has 43 heavy (non-hydrogen) atoms. The number of carbonyl (C=O) groups is 2. The molecule has 1 N–H and O–H groups in total. The minimum Gasteiger partial charge on any atom is -0.354 e. The molecule has 2 amide bonds. The summed E-state index contributed by atoms with van der Waals surface area (Å²) in [6, 6.07) is 16.3. The van der Waals surface area contributed by atoms with E-state index in [1.54, 1.807) is 56.3 Å². The highest BCUT2D eigenvalue weighted by molar-refractivity contribution is 7.92. The number of amides is 2. The van der Waals surface area contributed by atoms with E-state index in [1.807, 2.05) is 13.8 Å². The Bertz CT molecular complexity index is 1520. The van der Waals surface area contributed by atoms with Crippen molar-refractivity contribution in [2.45, 2.75) is 57.8 Å². The van der Waals surface area contributed by atoms with Gasteiger partial charge in [0.2, 0.25) is 11.8 Å². The summed E-state index contributed by atoms with van der Waals surface area (Å²) in [7, 11) is -4.55. The molecule has 0 saturated carbocycles. The second-order valence-corrected chi connectivity index (χ2v) is 12.8. The van der Waals surface area contributed by atoms with Gasteiger partial charge in [-0.3, -0.25) is 13.9 Å². The fraction of sp³-hybridized carbons (Fsp3) is 0.355. The van der Waals surface area contributed by atoms with Crippen molar-refractivity contribution in [2.75, 3.05) is 17.4 Å². The lowest BCUT2D eigenvalue weighted by molar-refractivity contribution is -0.140. The minimum atomic E-state index is -4.88. The van der Waals surface area contributed by atoms with Crippen molar-refractivity contribution in [3.8, 4) is 0 Å². The first-order chi connectivity index (χ1) is 20.1. The summed E-state index contributed by atoms with van der Waals surface area (Å²) in [5.74, 6) is -1.04. The van der Waals surface area contributed by atoms with Crippen molar-refractivity contribution < 1.29 is 31.2 Å². The first-order valence-electron chi connectivity index (χ1n) is 13.7. The highest BCUT2D eigenvalue weighted by Crippen LogP contribution is 2.38. The van der Waals surface area contributed by atoms with Crippen LogP contribution in [0.1, 0.15) is 43.9 Å². The molecule has 0 fully saturated rings. The molecule has 0 radical (unpaired) electrons. The number of benzene rings is 3. The summed E-state index contributed by atoms with van der Waals surface area (Å²) in [6.07, 6.45) is -4.66. The standard InChI is InChI=1S/C31H35ClF3N3O4S/c1-5-28(30(40)36-18-21(2)3)37(19-23-9-7-6-8-10-23)29(39)20-38(43(41,42)25-14-11-22(4)12-15-25)24-13-16-27(32)26(17-24)31(33,34)35/h6-17,21,28H,5,18-20H2,1-4H3,(H,36,40)/t28-/m1/s1. The predicted octanol–water partition coefficient (Wildman–Crippen LogP) is 6.44. The SMILES string of the molecule is CC[C@H](C(=O)NCC(C)C)N(Cc1ccccc1)C(=O)CN(c1ccc(Cl)c(C(F)(F)F)c1)S(=O)(=O)c1ccc(C)cc1. The van der Waals surface area contributed by atoms with E-state index in [4.69, 9.17) is 11.6 Å². The molecule has 0 heterocycles. The van der Waals surface area contributed by atoms with Crippen molar-refractivity contribution in [2.24, 2.45) is 5.92 Å². The zero-order valence-corrected chi connectivity index (χ0v) is 25.9. The van der Waals surface area contributed by atoms with Crippen molar-refractivity contribution in [3.05, 3.63) is 94.5 Å². The maximum atomic E-state index is 14.0. The average Bonchev–Trinajstić information content (AvgIpc) is 2.95. The van der Waals surface area contributed by atoms with Crippen molar-refractivity contribution in [1.29, 1.82) is 0 Å². The van der Waals surface area contributed by atoms with Crippen LogP contribution >= 0.6 is 11.6 Å². The normalized spacial score (nSPS) is 12.6. The molecule has 0 unspecified atom stereocenters. The fourth-order valence-electron chi connectivity index (χ4n) is 4.37. The van der Waals surface area contributed by atoms with E-state index in [0.717, 1.165) is 17.7 Å². The first-order valence-corrected chi connectivity index (χ1v) is 15.5. The Balaban J connectivity index is 2.12. The number of anilines is 1. The van der Waals surface area contributed by atoms with Crippen molar-refractivity contribution in [3.63, 3.8) is 0 Å². The lowest BCUT2D eigenvalue weighted by atomic mass is 10.1. The molecule has 0 aliphatic carbocycles. The predicted molar refractivity (Wildman–Crippen MR) is 161 cm³/mol. The number of nitrogens with one attached hydrogen (secondary N) is 1. The van der Waals surface area contributed by atoms with Gasteiger partial charge in [0.05, 0.1) is 21.2 Å². The van der Waals surface area contributed by atoms with Crippen molar-refractivity contribution in [1.82, 2.24) is 10.2 Å². The second kappa shape index (κ2) is 14.3. The van der Waals surface area contributed by atoms with Crippen LogP contribution in [0.15, 0.2) is 77.7 Å². The molecule has 0 spiro atoms. The Labute approximate surface area is 255 Å². The molecular formula is C31H35ClF3N3O4S. The molecule has 0 aliphatic rings. The van der Waals surface area contributed by atoms with Gasteiger partial charge in [-0.15, -0.1) is 0 Å². The molecule has 12 heteroatoms. The van der Waals surface area contributed by atoms with Gasteiger partial charge in [-0.1, -0.05) is 80.4 Å². The summed E-state index contributed by atoms with van der Waals surface area (Å²) < 4.78 is 69.8. The number of halogens is 4. The molecule has 0 bridgehead atoms. The lowest BCUT2D eigenvalue weighted by Gasteiger charge is -2.33. The van der Waals surface area contributed by atoms with Gasteiger partial charge in [0, 0.05) is 13.1 Å². The van der Waals surface area contributed by atoms with Crippen LogP contribution < -0.4 is 9.62 Å². The van der Waals surface area contributed by atoms with Gasteiger partial charge in [-0.2, -0.15) is 13.2 Å². The summed E-state index contributed by atoms with van der Waals surface area (Å²) in [6.45, 7) is 6.79. The van der Waals surface area contributed by atoms with E-state index in [0.29, 0.717) is 22.5 Å². The Kier molecular flexibility index (Phi) is 11.3. The molecule has 3 aromatic carbocycles. The summed E-state index contributed by atoms with van der Waals surface area (Å²) in [5.41, 5.74) is -0.198. The molecule has 3 aromatic rings. The topological polar surface area (TPSA) is 86.8 Å². The Morgan fingerprint density at radius 2 is 1.60 bits per heavy atom. The van der Waals surface area contributed by atoms with E-state index in [-0.39, 0.29) is 23.8 Å². The van der Waals surface area contributed by atoms with Gasteiger partial charge >= 0.3 is 6.18 Å². The summed E-state index contributed by atoms with van der Waals surface area (Å²) >= 11 is 5.82. The fourth-order valence-corrected chi connectivity index (χ4v) is 6.00. The van der Waals surface area contributed by atoms with Gasteiger partial charge < -0.3 is 10.2 Å². The molecule has 7 nitrogen and oxygen atoms in total. The molecule has 232 valence electrons. The highest BCUT2D eigenvalue weighted by Gasteiger charge is 2.37. The van der Waals surface area contributed by atoms with Crippen LogP contribution in [0.3, 0.4) is 0 Å². The molecule has 3 rings (SSSR count). The second-order valence-electron chi connectivity index (χ2n) is 10.6. The van der Waals surface area contributed by atoms with E-state index in [1.165, 1.54) is 17.0 Å². The third-order valence-corrected chi connectivity index (χ3v) is 8.82. The van der Waals surface area contributed by atoms with Gasteiger partial charge in [0.1, 0.15) is 12.6 Å². The van der Waals surface area contributed by atoms with Crippen LogP contribution in [0.4, 0.5) is 18.9 Å². The van der Waals surface area contributed by atoms with Crippen LogP contribution in [0.5, 0.6) is 0 Å². The number of aryl methyl sites for hydroxylation is 1. The van der Waals surface area contributed by atoms with Gasteiger partial charge in [-0.05, 0) is 55.2 Å². The third kappa shape index (κ3) is 8.73. The number of alkyl halides is 3. The van der Waals surface area contributed by atoms with Gasteiger partial charge in [0.25, 0.3) is 10.0 Å². The van der Waals surface area contributed by atoms with Crippen LogP contribution in [0, 0.1) is 12.8 Å². The van der Waals surface area contributed by atoms with E-state index >= 15 is 0 Å². The highest BCUT2D eigenvalue weighted by atomic mass is 35.5. The molecule has 0 saturated heterocycles. The quantitative estimate of drug-likeness (QED) is 0.248. The smallest absolute Gasteiger partial charge is 0.354 e. The van der Waals surface area contributed by atoms with Crippen LogP contribution in [0.2, 0.25) is 5.02 Å².